The predicted molar refractivity (Wildman–Crippen MR) is 146 cm³/mol. The second-order valence-electron chi connectivity index (χ2n) is 10.9. The van der Waals surface area contributed by atoms with Crippen LogP contribution in [0.4, 0.5) is 0 Å². The van der Waals surface area contributed by atoms with Gasteiger partial charge in [0.05, 0.1) is 19.8 Å². The summed E-state index contributed by atoms with van der Waals surface area (Å²) in [7, 11) is 0. The highest BCUT2D eigenvalue weighted by Gasteiger charge is 2.50. The van der Waals surface area contributed by atoms with Crippen molar-refractivity contribution in [1.82, 2.24) is 0 Å². The summed E-state index contributed by atoms with van der Waals surface area (Å²) >= 11 is 0. The molecule has 0 radical (unpaired) electrons. The fourth-order valence-corrected chi connectivity index (χ4v) is 4.87. The largest absolute Gasteiger partial charge is 0.508 e. The minimum atomic E-state index is -1.88. The molecule has 12 nitrogen and oxygen atoms in total. The molecule has 7 N–H and O–H groups in total. The van der Waals surface area contributed by atoms with Gasteiger partial charge in [0.1, 0.15) is 53.4 Å². The molecule has 0 aromatic heterocycles. The Kier molecular flexibility index (Phi) is 11.3. The third kappa shape index (κ3) is 8.25. The minimum Gasteiger partial charge on any atom is -0.508 e. The molecule has 0 amide bonds. The SMILES string of the molecule is O=C(CCCCc1ccc(O[C@H]2O[C@@H](CO[C@@H]3OC[C@@](O)(CO)[C@@H]3O)[C@H](O)[C@H](O)[C@@H]2O)cc1)CCc1ccc(O)cc1. The van der Waals surface area contributed by atoms with E-state index in [0.717, 1.165) is 30.4 Å². The van der Waals surface area contributed by atoms with Crippen molar-refractivity contribution in [1.29, 1.82) is 0 Å². The van der Waals surface area contributed by atoms with Gasteiger partial charge in [0, 0.05) is 12.8 Å². The molecule has 2 heterocycles. The molecule has 0 aliphatic carbocycles. The molecule has 232 valence electrons. The maximum atomic E-state index is 12.2. The Balaban J connectivity index is 1.19. The number of benzene rings is 2. The van der Waals surface area contributed by atoms with Crippen molar-refractivity contribution >= 4 is 5.78 Å². The summed E-state index contributed by atoms with van der Waals surface area (Å²) in [5, 5.41) is 69.9. The number of carbonyl (C=O) groups is 1. The van der Waals surface area contributed by atoms with E-state index >= 15 is 0 Å². The zero-order chi connectivity index (χ0) is 30.3. The molecule has 12 heteroatoms. The summed E-state index contributed by atoms with van der Waals surface area (Å²) in [6.07, 6.45) is -6.05. The molecule has 0 bridgehead atoms. The van der Waals surface area contributed by atoms with Gasteiger partial charge < -0.3 is 54.7 Å². The van der Waals surface area contributed by atoms with Crippen molar-refractivity contribution in [3.63, 3.8) is 0 Å². The van der Waals surface area contributed by atoms with E-state index in [4.69, 9.17) is 18.9 Å². The molecule has 0 saturated carbocycles. The summed E-state index contributed by atoms with van der Waals surface area (Å²) in [6, 6.07) is 13.9. The third-order valence-electron chi connectivity index (χ3n) is 7.65. The predicted octanol–water partition coefficient (Wildman–Crippen LogP) is -0.0495. The number of carbonyl (C=O) groups excluding carboxylic acids is 1. The first-order valence-electron chi connectivity index (χ1n) is 14.1. The number of aliphatic hydroxyl groups excluding tert-OH is 5. The first kappa shape index (κ1) is 32.3. The number of phenols is 1. The summed E-state index contributed by atoms with van der Waals surface area (Å²) in [6.45, 7) is -1.46. The van der Waals surface area contributed by atoms with E-state index in [0.29, 0.717) is 25.0 Å². The first-order valence-corrected chi connectivity index (χ1v) is 14.1. The summed E-state index contributed by atoms with van der Waals surface area (Å²) in [5.74, 6) is 0.765. The number of unbranched alkanes of at least 4 members (excludes halogenated alkanes) is 1. The number of aromatic hydroxyl groups is 1. The van der Waals surface area contributed by atoms with Crippen LogP contribution < -0.4 is 4.74 Å². The lowest BCUT2D eigenvalue weighted by atomic mass is 9.99. The third-order valence-corrected chi connectivity index (χ3v) is 7.65. The van der Waals surface area contributed by atoms with Crippen molar-refractivity contribution < 1.29 is 59.5 Å². The monoisotopic (exact) mass is 592 g/mol. The molecule has 2 saturated heterocycles. The Morgan fingerprint density at radius 2 is 1.52 bits per heavy atom. The van der Waals surface area contributed by atoms with Crippen LogP contribution in [0.2, 0.25) is 0 Å². The van der Waals surface area contributed by atoms with Crippen LogP contribution in [0.3, 0.4) is 0 Å². The van der Waals surface area contributed by atoms with Crippen LogP contribution in [-0.4, -0.2) is 110 Å². The number of hydrogen-bond acceptors (Lipinski definition) is 12. The number of ketones is 1. The fraction of sp³-hybridized carbons (Fsp3) is 0.567. The van der Waals surface area contributed by atoms with Gasteiger partial charge in [-0.2, -0.15) is 0 Å². The van der Waals surface area contributed by atoms with Crippen LogP contribution >= 0.6 is 0 Å². The summed E-state index contributed by atoms with van der Waals surface area (Å²) < 4.78 is 22.0. The number of phenolic OH excluding ortho intramolecular Hbond substituents is 1. The lowest BCUT2D eigenvalue weighted by Crippen LogP contribution is -2.60. The molecule has 42 heavy (non-hydrogen) atoms. The topological polar surface area (TPSA) is 196 Å². The van der Waals surface area contributed by atoms with Crippen molar-refractivity contribution in [3.05, 3.63) is 59.7 Å². The lowest BCUT2D eigenvalue weighted by Gasteiger charge is -2.40. The van der Waals surface area contributed by atoms with E-state index in [1.54, 1.807) is 24.3 Å². The van der Waals surface area contributed by atoms with Gasteiger partial charge in [-0.3, -0.25) is 4.79 Å². The molecular weight excluding hydrogens is 552 g/mol. The average molecular weight is 593 g/mol. The Bertz CT molecular complexity index is 1130. The number of aryl methyl sites for hydroxylation is 2. The molecule has 0 spiro atoms. The van der Waals surface area contributed by atoms with Crippen LogP contribution in [0.25, 0.3) is 0 Å². The van der Waals surface area contributed by atoms with Gasteiger partial charge in [-0.15, -0.1) is 0 Å². The highest BCUT2D eigenvalue weighted by Crippen LogP contribution is 2.28. The molecule has 2 aromatic rings. The zero-order valence-corrected chi connectivity index (χ0v) is 23.2. The van der Waals surface area contributed by atoms with Gasteiger partial charge in [-0.25, -0.2) is 0 Å². The molecule has 2 aromatic carbocycles. The van der Waals surface area contributed by atoms with Gasteiger partial charge in [0.15, 0.2) is 6.29 Å². The molecule has 2 aliphatic heterocycles. The van der Waals surface area contributed by atoms with Crippen molar-refractivity contribution in [2.24, 2.45) is 0 Å². The molecular formula is C30H40O12. The molecule has 4 rings (SSSR count). The molecule has 2 fully saturated rings. The highest BCUT2D eigenvalue weighted by molar-refractivity contribution is 5.78. The van der Waals surface area contributed by atoms with E-state index in [9.17, 15) is 40.5 Å². The maximum absolute atomic E-state index is 12.2. The van der Waals surface area contributed by atoms with Crippen LogP contribution in [0, 0.1) is 0 Å². The molecule has 0 unspecified atom stereocenters. The normalized spacial score (nSPS) is 31.2. The Morgan fingerprint density at radius 1 is 0.857 bits per heavy atom. The zero-order valence-electron chi connectivity index (χ0n) is 23.2. The standard InChI is InChI=1S/C30H40O12/c31-16-30(38)17-40-29(27(30)37)39-15-23-24(34)25(35)26(36)28(42-23)41-22-13-8-18(9-14-22)3-1-2-4-20(32)10-5-19-6-11-21(33)12-7-19/h6-9,11-14,23-29,31,33-38H,1-5,10,15-17H2/t23-,24-,25-,26-,27+,28-,29+,30-/m0/s1. The number of rotatable bonds is 14. The fourth-order valence-electron chi connectivity index (χ4n) is 4.87. The van der Waals surface area contributed by atoms with Crippen molar-refractivity contribution in [2.75, 3.05) is 19.8 Å². The molecule has 2 aliphatic rings. The van der Waals surface area contributed by atoms with Crippen molar-refractivity contribution in [2.45, 2.75) is 87.2 Å². The van der Waals surface area contributed by atoms with Crippen LogP contribution in [-0.2, 0) is 31.8 Å². The van der Waals surface area contributed by atoms with Gasteiger partial charge in [-0.1, -0.05) is 24.3 Å². The van der Waals surface area contributed by atoms with E-state index in [2.05, 4.69) is 0 Å². The smallest absolute Gasteiger partial charge is 0.229 e. The van der Waals surface area contributed by atoms with Crippen molar-refractivity contribution in [3.8, 4) is 11.5 Å². The summed E-state index contributed by atoms with van der Waals surface area (Å²) in [4.78, 5) is 12.2. The number of aliphatic hydroxyl groups is 6. The number of hydrogen-bond donors (Lipinski definition) is 7. The number of Topliss-reactive ketones (excluding diaryl/α,β-unsaturated/α-hetero) is 1. The van der Waals surface area contributed by atoms with Gasteiger partial charge in [0.2, 0.25) is 6.29 Å². The van der Waals surface area contributed by atoms with Gasteiger partial charge in [0.25, 0.3) is 0 Å². The Hall–Kier alpha value is -2.65. The minimum absolute atomic E-state index is 0.201. The van der Waals surface area contributed by atoms with Gasteiger partial charge in [-0.05, 0) is 61.1 Å². The van der Waals surface area contributed by atoms with Crippen LogP contribution in [0.5, 0.6) is 11.5 Å². The van der Waals surface area contributed by atoms with Gasteiger partial charge >= 0.3 is 0 Å². The Morgan fingerprint density at radius 3 is 2.19 bits per heavy atom. The average Bonchev–Trinajstić information content (AvgIpc) is 3.28. The van der Waals surface area contributed by atoms with Crippen LogP contribution in [0.15, 0.2) is 48.5 Å². The first-order chi connectivity index (χ1) is 20.1. The maximum Gasteiger partial charge on any atom is 0.229 e. The lowest BCUT2D eigenvalue weighted by molar-refractivity contribution is -0.289. The Labute approximate surface area is 243 Å². The quantitative estimate of drug-likeness (QED) is 0.145. The van der Waals surface area contributed by atoms with E-state index < -0.39 is 55.3 Å². The second kappa shape index (κ2) is 14.7. The second-order valence-corrected chi connectivity index (χ2v) is 10.9. The van der Waals surface area contributed by atoms with E-state index in [-0.39, 0.29) is 24.7 Å². The highest BCUT2D eigenvalue weighted by atomic mass is 16.7. The number of ether oxygens (including phenoxy) is 4. The molecule has 8 atom stereocenters. The van der Waals surface area contributed by atoms with E-state index in [1.165, 1.54) is 0 Å². The van der Waals surface area contributed by atoms with Crippen LogP contribution in [0.1, 0.15) is 36.8 Å². The van der Waals surface area contributed by atoms with E-state index in [1.807, 2.05) is 24.3 Å². The summed E-state index contributed by atoms with van der Waals surface area (Å²) in [5.41, 5.74) is 0.167.